The van der Waals surface area contributed by atoms with Crippen molar-refractivity contribution in [2.75, 3.05) is 59.5 Å². The van der Waals surface area contributed by atoms with Gasteiger partial charge in [-0.25, -0.2) is 4.79 Å². The number of rotatable bonds is 7. The number of ether oxygens (including phenoxy) is 1. The Kier molecular flexibility index (Phi) is 7.48. The molecule has 0 bridgehead atoms. The molecule has 1 fully saturated rings. The Hall–Kier alpha value is -1.87. The Morgan fingerprint density at radius 2 is 1.81 bits per heavy atom. The van der Waals surface area contributed by atoms with E-state index in [1.54, 1.807) is 9.80 Å². The number of nitrogens with one attached hydrogen (secondary N) is 2. The smallest absolute Gasteiger partial charge is 0.317 e. The summed E-state index contributed by atoms with van der Waals surface area (Å²) in [6.07, 6.45) is 0. The summed E-state index contributed by atoms with van der Waals surface area (Å²) >= 11 is 0. The summed E-state index contributed by atoms with van der Waals surface area (Å²) in [7, 11) is 1.54. The van der Waals surface area contributed by atoms with Gasteiger partial charge in [0.1, 0.15) is 0 Å². The summed E-state index contributed by atoms with van der Waals surface area (Å²) in [5, 5.41) is 13.8. The van der Waals surface area contributed by atoms with E-state index >= 15 is 0 Å². The van der Waals surface area contributed by atoms with Crippen LogP contribution in [0.5, 0.6) is 0 Å². The molecule has 0 atom stereocenters. The molecule has 9 heteroatoms. The third-order valence-electron chi connectivity index (χ3n) is 3.05. The average molecular weight is 302 g/mol. The average Bonchev–Trinajstić information content (AvgIpc) is 2.45. The van der Waals surface area contributed by atoms with Crippen LogP contribution in [0.25, 0.3) is 0 Å². The zero-order chi connectivity index (χ0) is 15.7. The molecule has 1 aliphatic heterocycles. The van der Waals surface area contributed by atoms with E-state index in [1.165, 1.54) is 7.11 Å². The quantitative estimate of drug-likeness (QED) is 0.477. The second-order valence-electron chi connectivity index (χ2n) is 4.66. The van der Waals surface area contributed by atoms with Crippen LogP contribution in [0.2, 0.25) is 0 Å². The number of aliphatic carboxylic acids is 1. The number of nitrogens with zero attached hydrogens (tertiary/aromatic N) is 2. The van der Waals surface area contributed by atoms with E-state index in [2.05, 4.69) is 10.6 Å². The normalized spacial score (nSPS) is 15.6. The third-order valence-corrected chi connectivity index (χ3v) is 3.05. The van der Waals surface area contributed by atoms with Gasteiger partial charge in [0.15, 0.2) is 0 Å². The van der Waals surface area contributed by atoms with Crippen LogP contribution in [0.4, 0.5) is 4.79 Å². The second kappa shape index (κ2) is 9.14. The van der Waals surface area contributed by atoms with Crippen LogP contribution < -0.4 is 10.6 Å². The van der Waals surface area contributed by atoms with E-state index < -0.39 is 5.97 Å². The van der Waals surface area contributed by atoms with Crippen molar-refractivity contribution < 1.29 is 24.2 Å². The number of carboxylic acids is 1. The van der Waals surface area contributed by atoms with E-state index in [0.29, 0.717) is 39.3 Å². The highest BCUT2D eigenvalue weighted by molar-refractivity contribution is 5.84. The van der Waals surface area contributed by atoms with Crippen molar-refractivity contribution in [3.63, 3.8) is 0 Å². The first kappa shape index (κ1) is 17.2. The minimum absolute atomic E-state index is 0.0165. The van der Waals surface area contributed by atoms with E-state index in [4.69, 9.17) is 9.84 Å². The molecule has 0 radical (unpaired) electrons. The summed E-state index contributed by atoms with van der Waals surface area (Å²) in [6.45, 7) is 2.65. The van der Waals surface area contributed by atoms with Crippen LogP contribution in [-0.4, -0.2) is 92.3 Å². The first-order valence-electron chi connectivity index (χ1n) is 6.75. The lowest BCUT2D eigenvalue weighted by Crippen LogP contribution is -2.53. The maximum Gasteiger partial charge on any atom is 0.317 e. The molecule has 1 saturated heterocycles. The predicted molar refractivity (Wildman–Crippen MR) is 73.9 cm³/mol. The van der Waals surface area contributed by atoms with Crippen molar-refractivity contribution >= 4 is 17.9 Å². The molecule has 0 aromatic carbocycles. The van der Waals surface area contributed by atoms with Gasteiger partial charge in [-0.2, -0.15) is 0 Å². The molecule has 1 rings (SSSR count). The maximum absolute atomic E-state index is 11.8. The molecule has 1 aliphatic rings. The number of carbonyl (C=O) groups is 3. The van der Waals surface area contributed by atoms with Crippen LogP contribution in [0.1, 0.15) is 0 Å². The van der Waals surface area contributed by atoms with Crippen LogP contribution in [0.15, 0.2) is 0 Å². The van der Waals surface area contributed by atoms with Gasteiger partial charge in [0.25, 0.3) is 0 Å². The van der Waals surface area contributed by atoms with Crippen LogP contribution in [0, 0.1) is 0 Å². The molecule has 120 valence electrons. The molecule has 0 unspecified atom stereocenters. The van der Waals surface area contributed by atoms with E-state index in [-0.39, 0.29) is 25.0 Å². The Morgan fingerprint density at radius 1 is 1.14 bits per heavy atom. The van der Waals surface area contributed by atoms with Crippen molar-refractivity contribution in [1.82, 2.24) is 20.4 Å². The summed E-state index contributed by atoms with van der Waals surface area (Å²) in [5.41, 5.74) is 0. The number of urea groups is 1. The first-order chi connectivity index (χ1) is 10.0. The molecule has 0 aromatic heterocycles. The topological polar surface area (TPSA) is 111 Å². The van der Waals surface area contributed by atoms with Crippen LogP contribution in [0.3, 0.4) is 0 Å². The fourth-order valence-corrected chi connectivity index (χ4v) is 1.92. The Labute approximate surface area is 123 Å². The molecule has 21 heavy (non-hydrogen) atoms. The first-order valence-corrected chi connectivity index (χ1v) is 6.75. The molecule has 1 heterocycles. The van der Waals surface area contributed by atoms with Gasteiger partial charge in [-0.05, 0) is 0 Å². The SMILES string of the molecule is COCCNC(=O)CNC(=O)N1CCN(CC(=O)O)CC1. The minimum Gasteiger partial charge on any atom is -0.480 e. The number of amides is 3. The number of methoxy groups -OCH3 is 1. The monoisotopic (exact) mass is 302 g/mol. The number of carboxylic acid groups (broad SMARTS) is 1. The lowest BCUT2D eigenvalue weighted by molar-refractivity contribution is -0.138. The maximum atomic E-state index is 11.8. The van der Waals surface area contributed by atoms with Gasteiger partial charge in [0.05, 0.1) is 19.7 Å². The number of piperazine rings is 1. The Bertz CT molecular complexity index is 369. The molecular formula is C12H22N4O5. The van der Waals surface area contributed by atoms with Gasteiger partial charge >= 0.3 is 12.0 Å². The lowest BCUT2D eigenvalue weighted by atomic mass is 10.3. The standard InChI is InChI=1S/C12H22N4O5/c1-21-7-2-13-10(17)8-14-12(20)16-5-3-15(4-6-16)9-11(18)19/h2-9H2,1H3,(H,13,17)(H,14,20)(H,18,19). The molecule has 3 amide bonds. The minimum atomic E-state index is -0.874. The van der Waals surface area contributed by atoms with Crippen LogP contribution >= 0.6 is 0 Å². The molecule has 3 N–H and O–H groups in total. The number of carbonyl (C=O) groups excluding carboxylic acids is 2. The van der Waals surface area contributed by atoms with E-state index in [0.717, 1.165) is 0 Å². The molecular weight excluding hydrogens is 280 g/mol. The number of hydrogen-bond acceptors (Lipinski definition) is 5. The van der Waals surface area contributed by atoms with Gasteiger partial charge < -0.3 is 25.4 Å². The molecule has 0 aromatic rings. The lowest BCUT2D eigenvalue weighted by Gasteiger charge is -2.33. The highest BCUT2D eigenvalue weighted by Gasteiger charge is 2.22. The zero-order valence-corrected chi connectivity index (χ0v) is 12.1. The van der Waals surface area contributed by atoms with Gasteiger partial charge in [0, 0.05) is 39.8 Å². The Morgan fingerprint density at radius 3 is 2.38 bits per heavy atom. The van der Waals surface area contributed by atoms with Gasteiger partial charge in [-0.3, -0.25) is 14.5 Å². The fourth-order valence-electron chi connectivity index (χ4n) is 1.92. The van der Waals surface area contributed by atoms with Gasteiger partial charge in [-0.15, -0.1) is 0 Å². The largest absolute Gasteiger partial charge is 0.480 e. The van der Waals surface area contributed by atoms with Gasteiger partial charge in [-0.1, -0.05) is 0 Å². The Balaban J connectivity index is 2.19. The van der Waals surface area contributed by atoms with Crippen LogP contribution in [-0.2, 0) is 14.3 Å². The van der Waals surface area contributed by atoms with E-state index in [1.807, 2.05) is 0 Å². The van der Waals surface area contributed by atoms with Crippen molar-refractivity contribution in [3.8, 4) is 0 Å². The van der Waals surface area contributed by atoms with Crippen molar-refractivity contribution in [1.29, 1.82) is 0 Å². The van der Waals surface area contributed by atoms with Gasteiger partial charge in [0.2, 0.25) is 5.91 Å². The molecule has 9 nitrogen and oxygen atoms in total. The number of hydrogen-bond donors (Lipinski definition) is 3. The zero-order valence-electron chi connectivity index (χ0n) is 12.1. The van der Waals surface area contributed by atoms with Crippen molar-refractivity contribution in [2.24, 2.45) is 0 Å². The summed E-state index contributed by atoms with van der Waals surface area (Å²) in [6, 6.07) is -0.313. The summed E-state index contributed by atoms with van der Waals surface area (Å²) in [5.74, 6) is -1.15. The molecule has 0 spiro atoms. The highest BCUT2D eigenvalue weighted by atomic mass is 16.5. The summed E-state index contributed by atoms with van der Waals surface area (Å²) < 4.78 is 4.79. The van der Waals surface area contributed by atoms with E-state index in [9.17, 15) is 14.4 Å². The fraction of sp³-hybridized carbons (Fsp3) is 0.750. The molecule has 0 saturated carbocycles. The van der Waals surface area contributed by atoms with Crippen molar-refractivity contribution in [2.45, 2.75) is 0 Å². The summed E-state index contributed by atoms with van der Waals surface area (Å²) in [4.78, 5) is 37.2. The predicted octanol–water partition coefficient (Wildman–Crippen LogP) is -1.84. The third kappa shape index (κ3) is 6.91. The molecule has 0 aliphatic carbocycles. The highest BCUT2D eigenvalue weighted by Crippen LogP contribution is 2.01. The second-order valence-corrected chi connectivity index (χ2v) is 4.66. The van der Waals surface area contributed by atoms with Crippen molar-refractivity contribution in [3.05, 3.63) is 0 Å².